The second-order valence-electron chi connectivity index (χ2n) is 7.19. The number of H-pyrrole nitrogens is 1. The molecule has 1 aliphatic rings. The number of ether oxygens (including phenoxy) is 1. The maximum absolute atomic E-state index is 6.31. The summed E-state index contributed by atoms with van der Waals surface area (Å²) < 4.78 is 6.14. The Hall–Kier alpha value is -1.52. The third kappa shape index (κ3) is 3.38. The van der Waals surface area contributed by atoms with Crippen LogP contribution in [0.5, 0.6) is 5.75 Å². The van der Waals surface area contributed by atoms with Crippen molar-refractivity contribution in [3.05, 3.63) is 45.2 Å². The molecule has 124 valence electrons. The van der Waals surface area contributed by atoms with Crippen molar-refractivity contribution in [2.75, 3.05) is 6.54 Å². The number of aryl methyl sites for hydroxylation is 1. The van der Waals surface area contributed by atoms with Crippen molar-refractivity contribution in [3.63, 3.8) is 0 Å². The van der Waals surface area contributed by atoms with Crippen molar-refractivity contribution >= 4 is 11.6 Å². The van der Waals surface area contributed by atoms with Gasteiger partial charge in [0.05, 0.1) is 0 Å². The fourth-order valence-electron chi connectivity index (χ4n) is 2.91. The average Bonchev–Trinajstić information content (AvgIpc) is 2.90. The molecule has 1 aromatic heterocycles. The number of halogens is 1. The van der Waals surface area contributed by atoms with Crippen LogP contribution < -0.4 is 10.1 Å². The van der Waals surface area contributed by atoms with Crippen molar-refractivity contribution in [2.24, 2.45) is 0 Å². The third-order valence-corrected chi connectivity index (χ3v) is 4.73. The first kappa shape index (κ1) is 16.3. The molecule has 1 aromatic carbocycles. The van der Waals surface area contributed by atoms with Crippen molar-refractivity contribution in [2.45, 2.75) is 52.7 Å². The van der Waals surface area contributed by atoms with Gasteiger partial charge in [-0.2, -0.15) is 5.10 Å². The number of hydrogen-bond donors (Lipinski definition) is 2. The minimum absolute atomic E-state index is 0.0285. The lowest BCUT2D eigenvalue weighted by atomic mass is 9.86. The number of rotatable bonds is 3. The second kappa shape index (κ2) is 6.17. The summed E-state index contributed by atoms with van der Waals surface area (Å²) in [7, 11) is 0. The molecule has 0 bridgehead atoms. The minimum Gasteiger partial charge on any atom is -0.487 e. The van der Waals surface area contributed by atoms with E-state index in [1.807, 2.05) is 19.1 Å². The molecule has 3 rings (SSSR count). The molecule has 4 nitrogen and oxygen atoms in total. The van der Waals surface area contributed by atoms with E-state index in [1.165, 1.54) is 11.3 Å². The Labute approximate surface area is 142 Å². The van der Waals surface area contributed by atoms with Crippen LogP contribution in [0.3, 0.4) is 0 Å². The molecule has 0 unspecified atom stereocenters. The fourth-order valence-corrected chi connectivity index (χ4v) is 3.08. The van der Waals surface area contributed by atoms with Crippen molar-refractivity contribution in [1.29, 1.82) is 0 Å². The summed E-state index contributed by atoms with van der Waals surface area (Å²) in [6.07, 6.45) is 0.996. The van der Waals surface area contributed by atoms with Gasteiger partial charge < -0.3 is 10.1 Å². The van der Waals surface area contributed by atoms with Crippen LogP contribution in [0.15, 0.2) is 12.1 Å². The molecule has 0 amide bonds. The minimum atomic E-state index is -0.0285. The summed E-state index contributed by atoms with van der Waals surface area (Å²) in [5.41, 5.74) is 5.58. The summed E-state index contributed by atoms with van der Waals surface area (Å²) in [4.78, 5) is 0. The Kier molecular flexibility index (Phi) is 4.39. The maximum atomic E-state index is 6.31. The summed E-state index contributed by atoms with van der Waals surface area (Å²) >= 11 is 6.31. The number of hydrogen-bond acceptors (Lipinski definition) is 3. The Bertz CT molecular complexity index is 716. The molecule has 0 atom stereocenters. The second-order valence-corrected chi connectivity index (χ2v) is 7.60. The van der Waals surface area contributed by atoms with E-state index in [-0.39, 0.29) is 5.41 Å². The lowest BCUT2D eigenvalue weighted by Crippen LogP contribution is -2.24. The quantitative estimate of drug-likeness (QED) is 0.895. The average molecular weight is 334 g/mol. The summed E-state index contributed by atoms with van der Waals surface area (Å²) in [5, 5.41) is 11.7. The van der Waals surface area contributed by atoms with Gasteiger partial charge in [-0.3, -0.25) is 5.10 Å². The van der Waals surface area contributed by atoms with E-state index < -0.39 is 0 Å². The molecule has 5 heteroatoms. The maximum Gasteiger partial charge on any atom is 0.132 e. The fraction of sp³-hybridized carbons (Fsp3) is 0.500. The molecule has 23 heavy (non-hydrogen) atoms. The van der Waals surface area contributed by atoms with Crippen LogP contribution in [0, 0.1) is 6.92 Å². The van der Waals surface area contributed by atoms with E-state index in [4.69, 9.17) is 16.3 Å². The molecule has 0 spiro atoms. The lowest BCUT2D eigenvalue weighted by molar-refractivity contribution is 0.291. The van der Waals surface area contributed by atoms with Crippen LogP contribution >= 0.6 is 11.6 Å². The smallest absolute Gasteiger partial charge is 0.132 e. The number of fused-ring (bicyclic) bond motifs is 1. The molecular weight excluding hydrogens is 310 g/mol. The largest absolute Gasteiger partial charge is 0.487 e. The van der Waals surface area contributed by atoms with Gasteiger partial charge in [0.15, 0.2) is 0 Å². The van der Waals surface area contributed by atoms with Crippen molar-refractivity contribution < 1.29 is 4.74 Å². The Morgan fingerprint density at radius 1 is 1.30 bits per heavy atom. The van der Waals surface area contributed by atoms with Gasteiger partial charge in [0.2, 0.25) is 0 Å². The number of aromatic nitrogens is 2. The highest BCUT2D eigenvalue weighted by molar-refractivity contribution is 6.31. The first-order chi connectivity index (χ1) is 10.9. The van der Waals surface area contributed by atoms with E-state index in [0.717, 1.165) is 47.1 Å². The standard InChI is InChI=1S/C18H24ClN3O/c1-11-7-17(13(8-14(11)19)18(2,3)4)23-10-16-12-9-20-6-5-15(12)21-22-16/h7-8,20H,5-6,9-10H2,1-4H3,(H,21,22). The van der Waals surface area contributed by atoms with Crippen LogP contribution in [0.4, 0.5) is 0 Å². The van der Waals surface area contributed by atoms with Crippen LogP contribution in [0.2, 0.25) is 5.02 Å². The summed E-state index contributed by atoms with van der Waals surface area (Å²) in [6.45, 7) is 10.8. The molecule has 1 aliphatic heterocycles. The first-order valence-electron chi connectivity index (χ1n) is 8.05. The third-order valence-electron chi connectivity index (χ3n) is 4.33. The van der Waals surface area contributed by atoms with Crippen LogP contribution in [-0.2, 0) is 25.0 Å². The number of nitrogens with one attached hydrogen (secondary N) is 2. The van der Waals surface area contributed by atoms with Gasteiger partial charge in [0.25, 0.3) is 0 Å². The lowest BCUT2D eigenvalue weighted by Gasteiger charge is -2.24. The predicted molar refractivity (Wildman–Crippen MR) is 93.2 cm³/mol. The van der Waals surface area contributed by atoms with Gasteiger partial charge in [0.1, 0.15) is 18.1 Å². The van der Waals surface area contributed by atoms with Gasteiger partial charge in [-0.05, 0) is 30.0 Å². The number of benzene rings is 1. The van der Waals surface area contributed by atoms with Gasteiger partial charge in [-0.25, -0.2) is 0 Å². The molecule has 2 N–H and O–H groups in total. The normalized spacial score (nSPS) is 14.7. The highest BCUT2D eigenvalue weighted by atomic mass is 35.5. The highest BCUT2D eigenvalue weighted by Gasteiger charge is 2.22. The van der Waals surface area contributed by atoms with E-state index in [1.54, 1.807) is 0 Å². The number of aromatic amines is 1. The monoisotopic (exact) mass is 333 g/mol. The van der Waals surface area contributed by atoms with Crippen molar-refractivity contribution in [1.82, 2.24) is 15.5 Å². The molecule has 2 heterocycles. The summed E-state index contributed by atoms with van der Waals surface area (Å²) in [6, 6.07) is 4.05. The number of nitrogens with zero attached hydrogens (tertiary/aromatic N) is 1. The highest BCUT2D eigenvalue weighted by Crippen LogP contribution is 2.36. The molecule has 2 aromatic rings. The topological polar surface area (TPSA) is 49.9 Å². The van der Waals surface area contributed by atoms with Crippen LogP contribution in [-0.4, -0.2) is 16.7 Å². The van der Waals surface area contributed by atoms with Gasteiger partial charge in [-0.15, -0.1) is 0 Å². The molecule has 0 saturated carbocycles. The van der Waals surface area contributed by atoms with E-state index in [2.05, 4.69) is 36.3 Å². The van der Waals surface area contributed by atoms with E-state index in [0.29, 0.717) is 6.61 Å². The van der Waals surface area contributed by atoms with Gasteiger partial charge >= 0.3 is 0 Å². The predicted octanol–water partition coefficient (Wildman–Crippen LogP) is 3.89. The SMILES string of the molecule is Cc1cc(OCc2n[nH]c3c2CNCC3)c(C(C)(C)C)cc1Cl. The van der Waals surface area contributed by atoms with Crippen molar-refractivity contribution in [3.8, 4) is 5.75 Å². The van der Waals surface area contributed by atoms with E-state index in [9.17, 15) is 0 Å². The zero-order valence-corrected chi connectivity index (χ0v) is 15.0. The first-order valence-corrected chi connectivity index (χ1v) is 8.43. The van der Waals surface area contributed by atoms with Gasteiger partial charge in [-0.1, -0.05) is 32.4 Å². The molecule has 0 aliphatic carbocycles. The summed E-state index contributed by atoms with van der Waals surface area (Å²) in [5.74, 6) is 0.889. The van der Waals surface area contributed by atoms with E-state index >= 15 is 0 Å². The van der Waals surface area contributed by atoms with Crippen LogP contribution in [0.25, 0.3) is 0 Å². The zero-order chi connectivity index (χ0) is 16.6. The molecule has 0 fully saturated rings. The zero-order valence-electron chi connectivity index (χ0n) is 14.2. The Morgan fingerprint density at radius 2 is 2.09 bits per heavy atom. The molecule has 0 saturated heterocycles. The Morgan fingerprint density at radius 3 is 2.83 bits per heavy atom. The molecular formula is C18H24ClN3O. The van der Waals surface area contributed by atoms with Crippen LogP contribution in [0.1, 0.15) is 48.8 Å². The Balaban J connectivity index is 1.86. The molecule has 0 radical (unpaired) electrons. The van der Waals surface area contributed by atoms with Gasteiger partial charge in [0, 0.05) is 41.4 Å².